The maximum atomic E-state index is 13.1. The second-order valence-corrected chi connectivity index (χ2v) is 8.91. The third-order valence-corrected chi connectivity index (χ3v) is 5.89. The van der Waals surface area contributed by atoms with Crippen molar-refractivity contribution in [2.24, 2.45) is 0 Å². The van der Waals surface area contributed by atoms with E-state index < -0.39 is 17.7 Å². The van der Waals surface area contributed by atoms with Crippen LogP contribution in [0.2, 0.25) is 0 Å². The molecule has 1 aliphatic heterocycles. The Morgan fingerprint density at radius 3 is 2.38 bits per heavy atom. The molecule has 1 amide bonds. The fourth-order valence-electron chi connectivity index (χ4n) is 3.48. The molecule has 0 fully saturated rings. The van der Waals surface area contributed by atoms with E-state index in [-0.39, 0.29) is 16.8 Å². The number of hydrogen-bond donors (Lipinski definition) is 1. The van der Waals surface area contributed by atoms with Crippen LogP contribution in [0.4, 0.5) is 5.69 Å². The fourth-order valence-corrected chi connectivity index (χ4v) is 4.16. The number of Topliss-reactive ketones (excluding diaryl/α,β-unsaturated/α-hetero) is 1. The van der Waals surface area contributed by atoms with Gasteiger partial charge in [-0.2, -0.15) is 0 Å². The first-order valence-electron chi connectivity index (χ1n) is 9.28. The number of aliphatic hydroxyl groups excluding tert-OH is 1. The minimum atomic E-state index is -0.826. The molecule has 0 saturated heterocycles. The van der Waals surface area contributed by atoms with Gasteiger partial charge >= 0.3 is 0 Å². The molecule has 1 aromatic carbocycles. The predicted octanol–water partition coefficient (Wildman–Crippen LogP) is 5.42. The van der Waals surface area contributed by atoms with Gasteiger partial charge in [0.15, 0.2) is 5.76 Å². The zero-order valence-electron chi connectivity index (χ0n) is 16.4. The van der Waals surface area contributed by atoms with Crippen molar-refractivity contribution in [2.75, 3.05) is 4.90 Å². The number of benzene rings is 1. The van der Waals surface area contributed by atoms with E-state index in [9.17, 15) is 14.7 Å². The highest BCUT2D eigenvalue weighted by molar-refractivity contribution is 7.12. The predicted molar refractivity (Wildman–Crippen MR) is 112 cm³/mol. The number of aliphatic hydroxyl groups is 1. The third-order valence-electron chi connectivity index (χ3n) is 5.02. The number of thiophene rings is 1. The standard InChI is InChI=1S/C23H21NO4S/c1-23(2,3)14-8-10-15(11-9-14)24-19(16-6-4-12-28-16)18(21(26)22(24)27)20(25)17-7-5-13-29-17/h4-13,19,26H,1-3H3. The first-order chi connectivity index (χ1) is 13.8. The van der Waals surface area contributed by atoms with E-state index in [4.69, 9.17) is 4.42 Å². The van der Waals surface area contributed by atoms with Gasteiger partial charge in [0.2, 0.25) is 5.78 Å². The van der Waals surface area contributed by atoms with Crippen LogP contribution in [0.25, 0.3) is 0 Å². The summed E-state index contributed by atoms with van der Waals surface area (Å²) in [5.74, 6) is -1.11. The van der Waals surface area contributed by atoms with Crippen molar-refractivity contribution in [3.63, 3.8) is 0 Å². The smallest absolute Gasteiger partial charge is 0.294 e. The van der Waals surface area contributed by atoms with Gasteiger partial charge in [-0.25, -0.2) is 0 Å². The second kappa shape index (κ2) is 7.04. The lowest BCUT2D eigenvalue weighted by atomic mass is 9.87. The van der Waals surface area contributed by atoms with Gasteiger partial charge in [0.1, 0.15) is 11.8 Å². The first-order valence-corrected chi connectivity index (χ1v) is 10.2. The highest BCUT2D eigenvalue weighted by Crippen LogP contribution is 2.42. The van der Waals surface area contributed by atoms with Crippen molar-refractivity contribution in [2.45, 2.75) is 32.2 Å². The summed E-state index contributed by atoms with van der Waals surface area (Å²) in [5, 5.41) is 12.4. The number of anilines is 1. The van der Waals surface area contributed by atoms with Gasteiger partial charge in [-0.3, -0.25) is 14.5 Å². The van der Waals surface area contributed by atoms with E-state index >= 15 is 0 Å². The van der Waals surface area contributed by atoms with Gasteiger partial charge in [0.05, 0.1) is 16.7 Å². The lowest BCUT2D eigenvalue weighted by Gasteiger charge is -2.26. The SMILES string of the molecule is CC(C)(C)c1ccc(N2C(=O)C(O)=C(C(=O)c3cccs3)C2c2ccco2)cc1. The zero-order valence-corrected chi connectivity index (χ0v) is 17.2. The van der Waals surface area contributed by atoms with E-state index in [1.807, 2.05) is 24.3 Å². The number of carbonyl (C=O) groups is 2. The Labute approximate surface area is 172 Å². The zero-order chi connectivity index (χ0) is 20.8. The topological polar surface area (TPSA) is 70.8 Å². The lowest BCUT2D eigenvalue weighted by molar-refractivity contribution is -0.117. The molecule has 1 N–H and O–H groups in total. The summed E-state index contributed by atoms with van der Waals surface area (Å²) in [6.45, 7) is 6.33. The Morgan fingerprint density at radius 1 is 1.10 bits per heavy atom. The van der Waals surface area contributed by atoms with E-state index in [1.54, 1.807) is 29.6 Å². The molecule has 0 bridgehead atoms. The number of nitrogens with zero attached hydrogens (tertiary/aromatic N) is 1. The van der Waals surface area contributed by atoms with Gasteiger partial charge in [-0.1, -0.05) is 39.0 Å². The van der Waals surface area contributed by atoms with Crippen molar-refractivity contribution in [3.8, 4) is 0 Å². The summed E-state index contributed by atoms with van der Waals surface area (Å²) in [4.78, 5) is 28.0. The average Bonchev–Trinajstić information content (AvgIpc) is 3.43. The molecule has 0 saturated carbocycles. The van der Waals surface area contributed by atoms with Crippen LogP contribution in [-0.4, -0.2) is 16.8 Å². The molecule has 4 rings (SSSR count). The fraction of sp³-hybridized carbons (Fsp3) is 0.217. The molecule has 0 spiro atoms. The second-order valence-electron chi connectivity index (χ2n) is 7.96. The van der Waals surface area contributed by atoms with E-state index in [0.29, 0.717) is 16.3 Å². The number of rotatable bonds is 4. The van der Waals surface area contributed by atoms with Crippen LogP contribution < -0.4 is 4.90 Å². The number of hydrogen-bond acceptors (Lipinski definition) is 5. The van der Waals surface area contributed by atoms with Crippen LogP contribution in [0.5, 0.6) is 0 Å². The highest BCUT2D eigenvalue weighted by Gasteiger charge is 2.46. The number of carbonyl (C=O) groups excluding carboxylic acids is 2. The molecule has 5 nitrogen and oxygen atoms in total. The summed E-state index contributed by atoms with van der Waals surface area (Å²) in [5.41, 5.74) is 1.71. The van der Waals surface area contributed by atoms with E-state index in [0.717, 1.165) is 5.56 Å². The van der Waals surface area contributed by atoms with Gasteiger partial charge < -0.3 is 9.52 Å². The van der Waals surface area contributed by atoms with Crippen LogP contribution in [0, 0.1) is 0 Å². The Bertz CT molecular complexity index is 1070. The molecule has 29 heavy (non-hydrogen) atoms. The normalized spacial score (nSPS) is 17.3. The molecule has 0 radical (unpaired) electrons. The van der Waals surface area contributed by atoms with Crippen LogP contribution >= 0.6 is 11.3 Å². The van der Waals surface area contributed by atoms with Crippen LogP contribution in [-0.2, 0) is 10.2 Å². The van der Waals surface area contributed by atoms with Crippen molar-refractivity contribution >= 4 is 28.7 Å². The van der Waals surface area contributed by atoms with Crippen molar-refractivity contribution in [1.29, 1.82) is 0 Å². The summed E-state index contributed by atoms with van der Waals surface area (Å²) in [7, 11) is 0. The van der Waals surface area contributed by atoms with E-state index in [1.165, 1.54) is 22.5 Å². The summed E-state index contributed by atoms with van der Waals surface area (Å²) in [6, 6.07) is 13.6. The Kier molecular flexibility index (Phi) is 4.67. The lowest BCUT2D eigenvalue weighted by Crippen LogP contribution is -2.30. The van der Waals surface area contributed by atoms with Crippen LogP contribution in [0.15, 0.2) is 75.9 Å². The van der Waals surface area contributed by atoms with Crippen LogP contribution in [0.3, 0.4) is 0 Å². The molecule has 148 valence electrons. The third kappa shape index (κ3) is 3.29. The molecule has 3 aromatic rings. The summed E-state index contributed by atoms with van der Waals surface area (Å²) in [6.07, 6.45) is 1.49. The maximum absolute atomic E-state index is 13.1. The number of furan rings is 1. The summed E-state index contributed by atoms with van der Waals surface area (Å²) >= 11 is 1.27. The monoisotopic (exact) mass is 407 g/mol. The minimum absolute atomic E-state index is 0.0331. The van der Waals surface area contributed by atoms with Gasteiger partial charge in [-0.15, -0.1) is 11.3 Å². The van der Waals surface area contributed by atoms with Gasteiger partial charge in [-0.05, 0) is 46.7 Å². The molecular weight excluding hydrogens is 386 g/mol. The van der Waals surface area contributed by atoms with Gasteiger partial charge in [0, 0.05) is 5.69 Å². The molecule has 6 heteroatoms. The quantitative estimate of drug-likeness (QED) is 0.586. The maximum Gasteiger partial charge on any atom is 0.294 e. The first kappa shape index (κ1) is 19.2. The molecule has 1 unspecified atom stereocenters. The van der Waals surface area contributed by atoms with Crippen molar-refractivity contribution in [1.82, 2.24) is 0 Å². The average molecular weight is 407 g/mol. The minimum Gasteiger partial charge on any atom is -0.503 e. The number of ketones is 1. The Hall–Kier alpha value is -3.12. The van der Waals surface area contributed by atoms with E-state index in [2.05, 4.69) is 20.8 Å². The molecule has 2 aromatic heterocycles. The molecule has 1 aliphatic rings. The molecule has 3 heterocycles. The molecule has 1 atom stereocenters. The summed E-state index contributed by atoms with van der Waals surface area (Å²) < 4.78 is 5.55. The molecule has 0 aliphatic carbocycles. The highest BCUT2D eigenvalue weighted by atomic mass is 32.1. The van der Waals surface area contributed by atoms with Crippen molar-refractivity contribution < 1.29 is 19.1 Å². The molecular formula is C23H21NO4S. The van der Waals surface area contributed by atoms with Crippen molar-refractivity contribution in [3.05, 3.63) is 87.7 Å². The number of amides is 1. The largest absolute Gasteiger partial charge is 0.503 e. The Morgan fingerprint density at radius 2 is 1.83 bits per heavy atom. The van der Waals surface area contributed by atoms with Crippen LogP contribution in [0.1, 0.15) is 47.8 Å². The van der Waals surface area contributed by atoms with Gasteiger partial charge in [0.25, 0.3) is 5.91 Å². The Balaban J connectivity index is 1.81.